The highest BCUT2D eigenvalue weighted by Crippen LogP contribution is 2.26. The van der Waals surface area contributed by atoms with E-state index in [0.29, 0.717) is 11.5 Å². The van der Waals surface area contributed by atoms with Gasteiger partial charge in [-0.25, -0.2) is 8.42 Å². The van der Waals surface area contributed by atoms with E-state index in [4.69, 9.17) is 0 Å². The fraction of sp³-hybridized carbons (Fsp3) is 0.650. The molecule has 1 aromatic rings. The number of hydrogen-bond acceptors (Lipinski definition) is 4. The summed E-state index contributed by atoms with van der Waals surface area (Å²) < 4.78 is 27.6. The molecule has 2 N–H and O–H groups in total. The zero-order valence-corrected chi connectivity index (χ0v) is 17.1. The standard InChI is InChI=1S/C20H31N3O3S/c1-15-14-21-12-11-19(15)22-20(24)16-7-6-10-18(13-16)27(25,26)23(2)17-8-4-3-5-9-17/h6-7,10,13,15,17,19,21H,3-5,8-9,11-12,14H2,1-2H3,(H,22,24). The second-order valence-corrected chi connectivity index (χ2v) is 9.89. The highest BCUT2D eigenvalue weighted by molar-refractivity contribution is 7.89. The fourth-order valence-corrected chi connectivity index (χ4v) is 5.55. The predicted octanol–water partition coefficient (Wildman–Crippen LogP) is 2.37. The number of nitrogens with one attached hydrogen (secondary N) is 2. The Kier molecular flexibility index (Phi) is 6.55. The quantitative estimate of drug-likeness (QED) is 0.805. The molecule has 6 nitrogen and oxygen atoms in total. The SMILES string of the molecule is CC1CNCCC1NC(=O)c1cccc(S(=O)(=O)N(C)C2CCCCC2)c1. The molecule has 1 saturated heterocycles. The molecule has 2 atom stereocenters. The monoisotopic (exact) mass is 393 g/mol. The molecule has 1 heterocycles. The Morgan fingerprint density at radius 2 is 1.93 bits per heavy atom. The van der Waals surface area contributed by atoms with Gasteiger partial charge < -0.3 is 10.6 Å². The zero-order valence-electron chi connectivity index (χ0n) is 16.3. The molecule has 1 aromatic carbocycles. The molecule has 1 amide bonds. The summed E-state index contributed by atoms with van der Waals surface area (Å²) in [5, 5.41) is 6.38. The van der Waals surface area contributed by atoms with Crippen molar-refractivity contribution < 1.29 is 13.2 Å². The fourth-order valence-electron chi connectivity index (χ4n) is 4.09. The van der Waals surface area contributed by atoms with E-state index in [9.17, 15) is 13.2 Å². The van der Waals surface area contributed by atoms with Gasteiger partial charge in [0.1, 0.15) is 0 Å². The third kappa shape index (κ3) is 4.70. The molecule has 1 aliphatic heterocycles. The smallest absolute Gasteiger partial charge is 0.251 e. The minimum atomic E-state index is -3.60. The zero-order chi connectivity index (χ0) is 19.4. The number of nitrogens with zero attached hydrogens (tertiary/aromatic N) is 1. The Bertz CT molecular complexity index is 759. The Hall–Kier alpha value is -1.44. The van der Waals surface area contributed by atoms with E-state index < -0.39 is 10.0 Å². The van der Waals surface area contributed by atoms with Gasteiger partial charge in [-0.2, -0.15) is 4.31 Å². The molecular formula is C20H31N3O3S. The molecule has 2 fully saturated rings. The van der Waals surface area contributed by atoms with Gasteiger partial charge in [0.25, 0.3) is 5.91 Å². The van der Waals surface area contributed by atoms with Crippen LogP contribution >= 0.6 is 0 Å². The van der Waals surface area contributed by atoms with E-state index in [0.717, 1.165) is 45.2 Å². The van der Waals surface area contributed by atoms with E-state index in [1.807, 2.05) is 0 Å². The molecule has 2 unspecified atom stereocenters. The lowest BCUT2D eigenvalue weighted by Crippen LogP contribution is -2.48. The van der Waals surface area contributed by atoms with Crippen LogP contribution in [-0.4, -0.2) is 50.9 Å². The van der Waals surface area contributed by atoms with Crippen molar-refractivity contribution in [3.63, 3.8) is 0 Å². The Balaban J connectivity index is 1.74. The topological polar surface area (TPSA) is 78.5 Å². The first-order valence-corrected chi connectivity index (χ1v) is 11.4. The van der Waals surface area contributed by atoms with Crippen molar-refractivity contribution in [3.8, 4) is 0 Å². The highest BCUT2D eigenvalue weighted by atomic mass is 32.2. The summed E-state index contributed by atoms with van der Waals surface area (Å²) in [4.78, 5) is 12.9. The van der Waals surface area contributed by atoms with Crippen molar-refractivity contribution in [2.24, 2.45) is 5.92 Å². The summed E-state index contributed by atoms with van der Waals surface area (Å²) >= 11 is 0. The van der Waals surface area contributed by atoms with Gasteiger partial charge in [-0.3, -0.25) is 4.79 Å². The number of carbonyl (C=O) groups excluding carboxylic acids is 1. The van der Waals surface area contributed by atoms with E-state index in [-0.39, 0.29) is 22.9 Å². The van der Waals surface area contributed by atoms with Crippen molar-refractivity contribution in [1.82, 2.24) is 14.9 Å². The first kappa shape index (κ1) is 20.3. The van der Waals surface area contributed by atoms with Gasteiger partial charge in [0.2, 0.25) is 10.0 Å². The lowest BCUT2D eigenvalue weighted by molar-refractivity contribution is 0.0914. The van der Waals surface area contributed by atoms with Gasteiger partial charge in [0, 0.05) is 24.7 Å². The maximum Gasteiger partial charge on any atom is 0.251 e. The van der Waals surface area contributed by atoms with Gasteiger partial charge >= 0.3 is 0 Å². The summed E-state index contributed by atoms with van der Waals surface area (Å²) in [7, 11) is -1.93. The third-order valence-corrected chi connectivity index (χ3v) is 7.87. The van der Waals surface area contributed by atoms with Crippen molar-refractivity contribution >= 4 is 15.9 Å². The predicted molar refractivity (Wildman–Crippen MR) is 106 cm³/mol. The number of rotatable bonds is 5. The average molecular weight is 394 g/mol. The molecule has 2 aliphatic rings. The van der Waals surface area contributed by atoms with Crippen LogP contribution in [0, 0.1) is 5.92 Å². The van der Waals surface area contributed by atoms with Crippen molar-refractivity contribution in [2.75, 3.05) is 20.1 Å². The second-order valence-electron chi connectivity index (χ2n) is 7.89. The second kappa shape index (κ2) is 8.71. The molecule has 7 heteroatoms. The molecule has 0 bridgehead atoms. The molecule has 0 aromatic heterocycles. The minimum absolute atomic E-state index is 0.0526. The largest absolute Gasteiger partial charge is 0.349 e. The Morgan fingerprint density at radius 1 is 1.19 bits per heavy atom. The number of hydrogen-bond donors (Lipinski definition) is 2. The minimum Gasteiger partial charge on any atom is -0.349 e. The molecule has 0 radical (unpaired) electrons. The molecular weight excluding hydrogens is 362 g/mol. The summed E-state index contributed by atoms with van der Waals surface area (Å²) in [5.41, 5.74) is 0.402. The molecule has 150 valence electrons. The van der Waals surface area contributed by atoms with Crippen LogP contribution in [0.1, 0.15) is 55.8 Å². The third-order valence-electron chi connectivity index (χ3n) is 5.96. The number of benzene rings is 1. The van der Waals surface area contributed by atoms with Crippen molar-refractivity contribution in [2.45, 2.75) is 62.4 Å². The van der Waals surface area contributed by atoms with Crippen LogP contribution in [-0.2, 0) is 10.0 Å². The van der Waals surface area contributed by atoms with Crippen LogP contribution in [0.15, 0.2) is 29.2 Å². The van der Waals surface area contributed by atoms with E-state index in [1.165, 1.54) is 16.8 Å². The number of piperidine rings is 1. The molecule has 27 heavy (non-hydrogen) atoms. The first-order valence-electron chi connectivity index (χ1n) is 9.99. The van der Waals surface area contributed by atoms with E-state index >= 15 is 0 Å². The summed E-state index contributed by atoms with van der Waals surface area (Å²) in [6.45, 7) is 3.87. The highest BCUT2D eigenvalue weighted by Gasteiger charge is 2.30. The Morgan fingerprint density at radius 3 is 2.63 bits per heavy atom. The molecule has 3 rings (SSSR count). The average Bonchev–Trinajstić information content (AvgIpc) is 2.70. The van der Waals surface area contributed by atoms with Crippen LogP contribution in [0.3, 0.4) is 0 Å². The van der Waals surface area contributed by atoms with Gasteiger partial charge in [0.15, 0.2) is 0 Å². The maximum atomic E-state index is 13.0. The normalized spacial score (nSPS) is 24.7. The van der Waals surface area contributed by atoms with Crippen LogP contribution in [0.5, 0.6) is 0 Å². The lowest BCUT2D eigenvalue weighted by atomic mass is 9.95. The van der Waals surface area contributed by atoms with Gasteiger partial charge in [0.05, 0.1) is 4.90 Å². The van der Waals surface area contributed by atoms with E-state index in [1.54, 1.807) is 25.2 Å². The summed E-state index contributed by atoms with van der Waals surface area (Å²) in [6, 6.07) is 6.60. The molecule has 1 aliphatic carbocycles. The van der Waals surface area contributed by atoms with Crippen LogP contribution < -0.4 is 10.6 Å². The van der Waals surface area contributed by atoms with Crippen LogP contribution in [0.2, 0.25) is 0 Å². The molecule has 0 spiro atoms. The van der Waals surface area contributed by atoms with Crippen LogP contribution in [0.4, 0.5) is 0 Å². The summed E-state index contributed by atoms with van der Waals surface area (Å²) in [6.07, 6.45) is 6.01. The van der Waals surface area contributed by atoms with Crippen molar-refractivity contribution in [3.05, 3.63) is 29.8 Å². The number of amides is 1. The maximum absolute atomic E-state index is 13.0. The lowest BCUT2D eigenvalue weighted by Gasteiger charge is -2.31. The van der Waals surface area contributed by atoms with Crippen molar-refractivity contribution in [1.29, 1.82) is 0 Å². The number of sulfonamides is 1. The summed E-state index contributed by atoms with van der Waals surface area (Å²) in [5.74, 6) is 0.151. The van der Waals surface area contributed by atoms with Gasteiger partial charge in [-0.15, -0.1) is 0 Å². The Labute approximate surface area is 162 Å². The molecule has 1 saturated carbocycles. The number of carbonyl (C=O) groups is 1. The van der Waals surface area contributed by atoms with E-state index in [2.05, 4.69) is 17.6 Å². The first-order chi connectivity index (χ1) is 12.9. The van der Waals surface area contributed by atoms with Crippen LogP contribution in [0.25, 0.3) is 0 Å². The van der Waals surface area contributed by atoms with Gasteiger partial charge in [-0.1, -0.05) is 32.3 Å². The van der Waals surface area contributed by atoms with Gasteiger partial charge in [-0.05, 0) is 56.5 Å².